The molecule has 4 rings (SSSR count). The van der Waals surface area contributed by atoms with Crippen LogP contribution in [0.15, 0.2) is 36.8 Å². The molecule has 1 aliphatic heterocycles. The summed E-state index contributed by atoms with van der Waals surface area (Å²) in [6, 6.07) is 8.08. The van der Waals surface area contributed by atoms with Crippen molar-refractivity contribution in [2.45, 2.75) is 19.8 Å². The van der Waals surface area contributed by atoms with Gasteiger partial charge in [-0.05, 0) is 23.6 Å². The van der Waals surface area contributed by atoms with Crippen LogP contribution in [-0.2, 0) is 11.8 Å². The molecule has 0 bridgehead atoms. The minimum Gasteiger partial charge on any atom is -0.353 e. The third-order valence-corrected chi connectivity index (χ3v) is 5.41. The normalized spacial score (nSPS) is 15.2. The molecule has 0 radical (unpaired) electrons. The van der Waals surface area contributed by atoms with Crippen molar-refractivity contribution < 1.29 is 4.79 Å². The van der Waals surface area contributed by atoms with E-state index in [-0.39, 0.29) is 5.91 Å². The van der Waals surface area contributed by atoms with Crippen LogP contribution in [0.25, 0.3) is 11.0 Å². The summed E-state index contributed by atoms with van der Waals surface area (Å²) < 4.78 is 1.76. The number of benzene rings is 1. The molecule has 1 aliphatic rings. The van der Waals surface area contributed by atoms with Crippen LogP contribution >= 0.6 is 0 Å². The fourth-order valence-electron chi connectivity index (χ4n) is 3.67. The summed E-state index contributed by atoms with van der Waals surface area (Å²) in [7, 11) is 1.88. The van der Waals surface area contributed by atoms with Crippen molar-refractivity contribution >= 4 is 28.4 Å². The zero-order chi connectivity index (χ0) is 20.4. The summed E-state index contributed by atoms with van der Waals surface area (Å²) >= 11 is 0. The Bertz CT molecular complexity index is 988. The van der Waals surface area contributed by atoms with Gasteiger partial charge < -0.3 is 10.2 Å². The predicted molar refractivity (Wildman–Crippen MR) is 114 cm³/mol. The van der Waals surface area contributed by atoms with Crippen molar-refractivity contribution in [3.8, 4) is 0 Å². The van der Waals surface area contributed by atoms with Crippen molar-refractivity contribution in [3.05, 3.63) is 42.4 Å². The quantitative estimate of drug-likeness (QED) is 0.716. The summed E-state index contributed by atoms with van der Waals surface area (Å²) in [6.45, 7) is 7.97. The van der Waals surface area contributed by atoms with Gasteiger partial charge in [-0.15, -0.1) is 0 Å². The van der Waals surface area contributed by atoms with Crippen LogP contribution in [0.5, 0.6) is 0 Å². The standard InChI is InChI=1S/C21H27N7O/c1-15(2)16-4-6-17(7-5-16)25-19(29)13-27-8-10-28(11-9-27)21-18-12-24-26(3)20(18)22-14-23-21/h4-7,12,14-15H,8-11,13H2,1-3H3,(H,25,29). The van der Waals surface area contributed by atoms with Gasteiger partial charge in [0.25, 0.3) is 0 Å². The molecular formula is C21H27N7O. The van der Waals surface area contributed by atoms with E-state index in [9.17, 15) is 4.79 Å². The molecule has 0 atom stereocenters. The number of hydrogen-bond acceptors (Lipinski definition) is 6. The topological polar surface area (TPSA) is 79.2 Å². The molecular weight excluding hydrogens is 366 g/mol. The van der Waals surface area contributed by atoms with E-state index in [0.29, 0.717) is 12.5 Å². The fraction of sp³-hybridized carbons (Fsp3) is 0.429. The molecule has 0 aliphatic carbocycles. The minimum atomic E-state index is 0.0208. The molecule has 1 fully saturated rings. The van der Waals surface area contributed by atoms with E-state index < -0.39 is 0 Å². The van der Waals surface area contributed by atoms with Crippen LogP contribution in [0.1, 0.15) is 25.3 Å². The maximum atomic E-state index is 12.4. The highest BCUT2D eigenvalue weighted by Crippen LogP contribution is 2.23. The number of aromatic nitrogens is 4. The molecule has 152 valence electrons. The number of rotatable bonds is 5. The second-order valence-electron chi connectivity index (χ2n) is 7.79. The van der Waals surface area contributed by atoms with Crippen molar-refractivity contribution in [2.75, 3.05) is 42.9 Å². The predicted octanol–water partition coefficient (Wildman–Crippen LogP) is 2.25. The Kier molecular flexibility index (Phi) is 5.44. The molecule has 0 saturated carbocycles. The van der Waals surface area contributed by atoms with Crippen LogP contribution in [0.3, 0.4) is 0 Å². The van der Waals surface area contributed by atoms with Crippen LogP contribution in [0.4, 0.5) is 11.5 Å². The molecule has 0 spiro atoms. The van der Waals surface area contributed by atoms with Gasteiger partial charge in [-0.25, -0.2) is 9.97 Å². The lowest BCUT2D eigenvalue weighted by atomic mass is 10.0. The average molecular weight is 393 g/mol. The largest absolute Gasteiger partial charge is 0.353 e. The van der Waals surface area contributed by atoms with Gasteiger partial charge in [0.05, 0.1) is 18.1 Å². The van der Waals surface area contributed by atoms with E-state index in [2.05, 4.69) is 56.2 Å². The van der Waals surface area contributed by atoms with Crippen LogP contribution in [0, 0.1) is 0 Å². The fourth-order valence-corrected chi connectivity index (χ4v) is 3.67. The molecule has 3 heterocycles. The Balaban J connectivity index is 1.32. The van der Waals surface area contributed by atoms with Gasteiger partial charge in [0.2, 0.25) is 5.91 Å². The molecule has 1 N–H and O–H groups in total. The van der Waals surface area contributed by atoms with Gasteiger partial charge in [0.1, 0.15) is 12.1 Å². The Labute approximate surface area is 170 Å². The zero-order valence-corrected chi connectivity index (χ0v) is 17.2. The molecule has 8 nitrogen and oxygen atoms in total. The maximum absolute atomic E-state index is 12.4. The van der Waals surface area contributed by atoms with Crippen molar-refractivity contribution in [2.24, 2.45) is 7.05 Å². The van der Waals surface area contributed by atoms with E-state index in [4.69, 9.17) is 0 Å². The van der Waals surface area contributed by atoms with E-state index in [1.54, 1.807) is 11.0 Å². The van der Waals surface area contributed by atoms with E-state index in [1.165, 1.54) is 5.56 Å². The molecule has 1 amide bonds. The number of carbonyl (C=O) groups is 1. The lowest BCUT2D eigenvalue weighted by Crippen LogP contribution is -2.49. The van der Waals surface area contributed by atoms with Crippen molar-refractivity contribution in [1.29, 1.82) is 0 Å². The van der Waals surface area contributed by atoms with Gasteiger partial charge in [0, 0.05) is 38.9 Å². The monoisotopic (exact) mass is 393 g/mol. The molecule has 0 unspecified atom stereocenters. The number of hydrogen-bond donors (Lipinski definition) is 1. The van der Waals surface area contributed by atoms with Gasteiger partial charge in [0.15, 0.2) is 5.65 Å². The Morgan fingerprint density at radius 3 is 2.52 bits per heavy atom. The zero-order valence-electron chi connectivity index (χ0n) is 17.2. The van der Waals surface area contributed by atoms with E-state index in [1.807, 2.05) is 25.4 Å². The van der Waals surface area contributed by atoms with Crippen LogP contribution < -0.4 is 10.2 Å². The summed E-state index contributed by atoms with van der Waals surface area (Å²) in [4.78, 5) is 25.6. The summed E-state index contributed by atoms with van der Waals surface area (Å²) in [5.74, 6) is 1.42. The highest BCUT2D eigenvalue weighted by Gasteiger charge is 2.22. The minimum absolute atomic E-state index is 0.0208. The number of nitrogens with zero attached hydrogens (tertiary/aromatic N) is 6. The Morgan fingerprint density at radius 2 is 1.83 bits per heavy atom. The SMILES string of the molecule is CC(C)c1ccc(NC(=O)CN2CCN(c3ncnc4c3cnn4C)CC2)cc1. The second kappa shape index (κ2) is 8.16. The van der Waals surface area contributed by atoms with Gasteiger partial charge in [-0.3, -0.25) is 14.4 Å². The maximum Gasteiger partial charge on any atom is 0.238 e. The molecule has 29 heavy (non-hydrogen) atoms. The summed E-state index contributed by atoms with van der Waals surface area (Å²) in [5.41, 5.74) is 2.95. The third kappa shape index (κ3) is 4.22. The Hall–Kier alpha value is -3.00. The first-order valence-corrected chi connectivity index (χ1v) is 10.0. The Morgan fingerprint density at radius 1 is 1.10 bits per heavy atom. The number of anilines is 2. The van der Waals surface area contributed by atoms with Crippen LogP contribution in [-0.4, -0.2) is 63.3 Å². The van der Waals surface area contributed by atoms with Crippen molar-refractivity contribution in [1.82, 2.24) is 24.6 Å². The lowest BCUT2D eigenvalue weighted by molar-refractivity contribution is -0.117. The number of carbonyl (C=O) groups excluding carboxylic acids is 1. The van der Waals surface area contributed by atoms with Gasteiger partial charge >= 0.3 is 0 Å². The van der Waals surface area contributed by atoms with Crippen molar-refractivity contribution in [3.63, 3.8) is 0 Å². The molecule has 8 heteroatoms. The number of aryl methyl sites for hydroxylation is 1. The first kappa shape index (κ1) is 19.3. The molecule has 2 aromatic heterocycles. The number of amides is 1. The first-order valence-electron chi connectivity index (χ1n) is 10.0. The molecule has 3 aromatic rings. The summed E-state index contributed by atoms with van der Waals surface area (Å²) in [6.07, 6.45) is 3.40. The number of nitrogens with one attached hydrogen (secondary N) is 1. The highest BCUT2D eigenvalue weighted by atomic mass is 16.2. The first-order chi connectivity index (χ1) is 14.0. The smallest absolute Gasteiger partial charge is 0.238 e. The summed E-state index contributed by atoms with van der Waals surface area (Å²) in [5, 5.41) is 8.25. The highest BCUT2D eigenvalue weighted by molar-refractivity contribution is 5.92. The second-order valence-corrected chi connectivity index (χ2v) is 7.79. The average Bonchev–Trinajstić information content (AvgIpc) is 3.10. The third-order valence-electron chi connectivity index (χ3n) is 5.41. The van der Waals surface area contributed by atoms with E-state index >= 15 is 0 Å². The van der Waals surface area contributed by atoms with Crippen LogP contribution in [0.2, 0.25) is 0 Å². The van der Waals surface area contributed by atoms with Gasteiger partial charge in [-0.2, -0.15) is 5.10 Å². The number of piperazine rings is 1. The number of fused-ring (bicyclic) bond motifs is 1. The lowest BCUT2D eigenvalue weighted by Gasteiger charge is -2.35. The van der Waals surface area contributed by atoms with E-state index in [0.717, 1.165) is 48.7 Å². The van der Waals surface area contributed by atoms with Gasteiger partial charge in [-0.1, -0.05) is 26.0 Å². The molecule has 1 saturated heterocycles. The molecule has 1 aromatic carbocycles.